The standard InChI is InChI=1S/C12H10O3/c1-4-10-5-9(7-13)6-11(8(10)2)12(14)15-3/h1,5-7H,2-3H3. The topological polar surface area (TPSA) is 43.4 Å². The highest BCUT2D eigenvalue weighted by atomic mass is 16.5. The average Bonchev–Trinajstić information content (AvgIpc) is 2.28. The predicted octanol–water partition coefficient (Wildman–Crippen LogP) is 1.58. The number of rotatable bonds is 2. The van der Waals surface area contributed by atoms with Gasteiger partial charge in [0.25, 0.3) is 0 Å². The Balaban J connectivity index is 3.45. The fraction of sp³-hybridized carbons (Fsp3) is 0.167. The van der Waals surface area contributed by atoms with Gasteiger partial charge < -0.3 is 4.74 Å². The summed E-state index contributed by atoms with van der Waals surface area (Å²) in [6, 6.07) is 3.03. The van der Waals surface area contributed by atoms with Gasteiger partial charge in [0.1, 0.15) is 6.29 Å². The number of methoxy groups -OCH3 is 1. The third-order valence-corrected chi connectivity index (χ3v) is 2.13. The van der Waals surface area contributed by atoms with Crippen molar-refractivity contribution in [2.24, 2.45) is 0 Å². The first-order chi connectivity index (χ1) is 7.13. The van der Waals surface area contributed by atoms with Crippen LogP contribution in [0.1, 0.15) is 31.8 Å². The van der Waals surface area contributed by atoms with Crippen molar-refractivity contribution in [1.29, 1.82) is 0 Å². The van der Waals surface area contributed by atoms with Crippen molar-refractivity contribution < 1.29 is 14.3 Å². The van der Waals surface area contributed by atoms with Crippen LogP contribution in [0.15, 0.2) is 12.1 Å². The van der Waals surface area contributed by atoms with Crippen molar-refractivity contribution in [3.63, 3.8) is 0 Å². The average molecular weight is 202 g/mol. The molecule has 0 radical (unpaired) electrons. The van der Waals surface area contributed by atoms with Gasteiger partial charge in [-0.05, 0) is 24.6 Å². The van der Waals surface area contributed by atoms with Crippen LogP contribution in [-0.4, -0.2) is 19.4 Å². The zero-order valence-electron chi connectivity index (χ0n) is 8.53. The van der Waals surface area contributed by atoms with E-state index in [9.17, 15) is 9.59 Å². The molecule has 0 N–H and O–H groups in total. The molecule has 1 aromatic carbocycles. The summed E-state index contributed by atoms with van der Waals surface area (Å²) < 4.78 is 4.59. The van der Waals surface area contributed by atoms with Gasteiger partial charge in [-0.25, -0.2) is 4.79 Å². The number of hydrogen-bond acceptors (Lipinski definition) is 3. The van der Waals surface area contributed by atoms with Crippen LogP contribution in [0.5, 0.6) is 0 Å². The van der Waals surface area contributed by atoms with Crippen LogP contribution < -0.4 is 0 Å². The van der Waals surface area contributed by atoms with Gasteiger partial charge in [0.05, 0.1) is 12.7 Å². The van der Waals surface area contributed by atoms with Crippen molar-refractivity contribution in [2.45, 2.75) is 6.92 Å². The number of aldehydes is 1. The lowest BCUT2D eigenvalue weighted by Gasteiger charge is -2.06. The molecule has 0 heterocycles. The summed E-state index contributed by atoms with van der Waals surface area (Å²) in [6.07, 6.45) is 5.91. The summed E-state index contributed by atoms with van der Waals surface area (Å²) in [5.41, 5.74) is 1.87. The lowest BCUT2D eigenvalue weighted by atomic mass is 9.99. The number of carbonyl (C=O) groups is 2. The van der Waals surface area contributed by atoms with E-state index in [0.717, 1.165) is 0 Å². The van der Waals surface area contributed by atoms with Gasteiger partial charge in [0.15, 0.2) is 0 Å². The molecule has 76 valence electrons. The molecule has 3 heteroatoms. The van der Waals surface area contributed by atoms with Gasteiger partial charge in [-0.15, -0.1) is 6.42 Å². The van der Waals surface area contributed by atoms with E-state index in [1.54, 1.807) is 13.0 Å². The Morgan fingerprint density at radius 3 is 2.67 bits per heavy atom. The predicted molar refractivity (Wildman–Crippen MR) is 55.8 cm³/mol. The first kappa shape index (κ1) is 11.0. The van der Waals surface area contributed by atoms with Crippen LogP contribution in [0, 0.1) is 19.3 Å². The smallest absolute Gasteiger partial charge is 0.338 e. The number of terminal acetylenes is 1. The number of ether oxygens (including phenoxy) is 1. The molecule has 0 aliphatic heterocycles. The molecule has 0 saturated heterocycles. The molecule has 1 rings (SSSR count). The fourth-order valence-corrected chi connectivity index (χ4v) is 1.28. The van der Waals surface area contributed by atoms with E-state index >= 15 is 0 Å². The van der Waals surface area contributed by atoms with E-state index in [1.807, 2.05) is 0 Å². The monoisotopic (exact) mass is 202 g/mol. The molecule has 0 amide bonds. The largest absolute Gasteiger partial charge is 0.465 e. The molecule has 0 fully saturated rings. The molecule has 1 aromatic rings. The van der Waals surface area contributed by atoms with E-state index in [1.165, 1.54) is 13.2 Å². The molecule has 0 unspecified atom stereocenters. The van der Waals surface area contributed by atoms with Gasteiger partial charge in [0, 0.05) is 11.1 Å². The third-order valence-electron chi connectivity index (χ3n) is 2.13. The van der Waals surface area contributed by atoms with Gasteiger partial charge in [-0.2, -0.15) is 0 Å². The fourth-order valence-electron chi connectivity index (χ4n) is 1.28. The second-order valence-electron chi connectivity index (χ2n) is 2.99. The third kappa shape index (κ3) is 2.05. The summed E-state index contributed by atoms with van der Waals surface area (Å²) >= 11 is 0. The van der Waals surface area contributed by atoms with Crippen molar-refractivity contribution >= 4 is 12.3 Å². The summed E-state index contributed by atoms with van der Waals surface area (Å²) in [4.78, 5) is 22.0. The highest BCUT2D eigenvalue weighted by Crippen LogP contribution is 2.16. The van der Waals surface area contributed by atoms with E-state index in [4.69, 9.17) is 6.42 Å². The van der Waals surface area contributed by atoms with Crippen molar-refractivity contribution in [2.75, 3.05) is 7.11 Å². The Kier molecular flexibility index (Phi) is 3.25. The maximum atomic E-state index is 11.4. The molecule has 0 aliphatic rings. The minimum Gasteiger partial charge on any atom is -0.465 e. The first-order valence-electron chi connectivity index (χ1n) is 4.28. The number of carbonyl (C=O) groups excluding carboxylic acids is 2. The van der Waals surface area contributed by atoms with E-state index < -0.39 is 5.97 Å². The van der Waals surface area contributed by atoms with Crippen molar-refractivity contribution in [1.82, 2.24) is 0 Å². The maximum Gasteiger partial charge on any atom is 0.338 e. The second-order valence-corrected chi connectivity index (χ2v) is 2.99. The van der Waals surface area contributed by atoms with Crippen LogP contribution in [0.4, 0.5) is 0 Å². The van der Waals surface area contributed by atoms with Gasteiger partial charge in [0.2, 0.25) is 0 Å². The summed E-state index contributed by atoms with van der Waals surface area (Å²) in [7, 11) is 1.28. The Morgan fingerprint density at radius 1 is 1.53 bits per heavy atom. The molecule has 0 aromatic heterocycles. The normalized spacial score (nSPS) is 9.13. The highest BCUT2D eigenvalue weighted by Gasteiger charge is 2.13. The Labute approximate surface area is 88.1 Å². The zero-order valence-corrected chi connectivity index (χ0v) is 8.53. The van der Waals surface area contributed by atoms with E-state index in [0.29, 0.717) is 28.5 Å². The Morgan fingerprint density at radius 2 is 2.20 bits per heavy atom. The van der Waals surface area contributed by atoms with Gasteiger partial charge in [-0.1, -0.05) is 5.92 Å². The molecular weight excluding hydrogens is 192 g/mol. The lowest BCUT2D eigenvalue weighted by Crippen LogP contribution is -2.06. The molecule has 15 heavy (non-hydrogen) atoms. The quantitative estimate of drug-likeness (QED) is 0.415. The summed E-state index contributed by atoms with van der Waals surface area (Å²) in [5, 5.41) is 0. The minimum atomic E-state index is -0.493. The van der Waals surface area contributed by atoms with Crippen LogP contribution in [-0.2, 0) is 4.74 Å². The van der Waals surface area contributed by atoms with Gasteiger partial charge >= 0.3 is 5.97 Å². The first-order valence-corrected chi connectivity index (χ1v) is 4.28. The SMILES string of the molecule is C#Cc1cc(C=O)cc(C(=O)OC)c1C. The molecule has 0 aliphatic carbocycles. The Hall–Kier alpha value is -2.08. The van der Waals surface area contributed by atoms with E-state index in [-0.39, 0.29) is 0 Å². The van der Waals surface area contributed by atoms with Crippen molar-refractivity contribution in [3.8, 4) is 12.3 Å². The molecule has 0 bridgehead atoms. The van der Waals surface area contributed by atoms with Gasteiger partial charge in [-0.3, -0.25) is 4.79 Å². The molecule has 3 nitrogen and oxygen atoms in total. The number of hydrogen-bond donors (Lipinski definition) is 0. The van der Waals surface area contributed by atoms with Crippen LogP contribution in [0.2, 0.25) is 0 Å². The summed E-state index contributed by atoms with van der Waals surface area (Å²) in [5.74, 6) is 1.93. The van der Waals surface area contributed by atoms with Crippen molar-refractivity contribution in [3.05, 3.63) is 34.4 Å². The lowest BCUT2D eigenvalue weighted by molar-refractivity contribution is 0.0600. The molecule has 0 saturated carbocycles. The zero-order chi connectivity index (χ0) is 11.4. The summed E-state index contributed by atoms with van der Waals surface area (Å²) in [6.45, 7) is 1.72. The molecule has 0 atom stereocenters. The minimum absolute atomic E-state index is 0.329. The van der Waals surface area contributed by atoms with Crippen LogP contribution in [0.3, 0.4) is 0 Å². The highest BCUT2D eigenvalue weighted by molar-refractivity contribution is 5.94. The molecule has 0 spiro atoms. The van der Waals surface area contributed by atoms with Crippen LogP contribution in [0.25, 0.3) is 0 Å². The van der Waals surface area contributed by atoms with Crippen LogP contribution >= 0.6 is 0 Å². The second kappa shape index (κ2) is 4.43. The number of esters is 1. The molecular formula is C12H10O3. The number of benzene rings is 1. The van der Waals surface area contributed by atoms with E-state index in [2.05, 4.69) is 10.7 Å². The Bertz CT molecular complexity index is 453. The maximum absolute atomic E-state index is 11.4.